The third-order valence-electron chi connectivity index (χ3n) is 6.03. The molecule has 4 rings (SSSR count). The first-order valence-electron chi connectivity index (χ1n) is 10.6. The molecule has 0 saturated carbocycles. The first kappa shape index (κ1) is 20.7. The smallest absolute Gasteiger partial charge is 0.223 e. The Morgan fingerprint density at radius 1 is 1.28 bits per heavy atom. The minimum Gasteiger partial charge on any atom is -0.394 e. The number of hydrogen-bond donors (Lipinski definition) is 2. The Morgan fingerprint density at radius 3 is 2.66 bits per heavy atom. The van der Waals surface area contributed by atoms with Crippen molar-refractivity contribution in [3.05, 3.63) is 39.3 Å². The van der Waals surface area contributed by atoms with Gasteiger partial charge >= 0.3 is 0 Å². The van der Waals surface area contributed by atoms with E-state index in [1.54, 1.807) is 4.88 Å². The van der Waals surface area contributed by atoms with Crippen LogP contribution in [-0.2, 0) is 29.7 Å². The highest BCUT2D eigenvalue weighted by Gasteiger charge is 2.41. The van der Waals surface area contributed by atoms with Crippen molar-refractivity contribution < 1.29 is 9.84 Å². The molecular formula is C22H32N4O2S. The predicted molar refractivity (Wildman–Crippen MR) is 116 cm³/mol. The quantitative estimate of drug-likeness (QED) is 0.753. The number of thiophene rings is 1. The van der Waals surface area contributed by atoms with Gasteiger partial charge in [0.1, 0.15) is 0 Å². The second-order valence-electron chi connectivity index (χ2n) is 8.85. The van der Waals surface area contributed by atoms with Crippen LogP contribution < -0.4 is 5.32 Å². The summed E-state index contributed by atoms with van der Waals surface area (Å²) in [4.78, 5) is 14.3. The summed E-state index contributed by atoms with van der Waals surface area (Å²) in [7, 11) is 0. The summed E-state index contributed by atoms with van der Waals surface area (Å²) in [6, 6.07) is 2.41. The number of aromatic nitrogens is 2. The van der Waals surface area contributed by atoms with Crippen LogP contribution in [0.1, 0.15) is 54.5 Å². The lowest BCUT2D eigenvalue weighted by molar-refractivity contribution is -0.0981. The fourth-order valence-electron chi connectivity index (χ4n) is 4.23. The lowest BCUT2D eigenvalue weighted by Gasteiger charge is -2.44. The summed E-state index contributed by atoms with van der Waals surface area (Å²) in [5, 5.41) is 12.5. The molecule has 2 aromatic rings. The number of anilines is 1. The number of aliphatic hydroxyl groups excluding tert-OH is 1. The van der Waals surface area contributed by atoms with Gasteiger partial charge in [-0.2, -0.15) is 0 Å². The van der Waals surface area contributed by atoms with Crippen LogP contribution in [-0.4, -0.2) is 51.8 Å². The van der Waals surface area contributed by atoms with Crippen molar-refractivity contribution >= 4 is 17.3 Å². The van der Waals surface area contributed by atoms with Crippen molar-refractivity contribution in [1.29, 1.82) is 0 Å². The highest BCUT2D eigenvalue weighted by atomic mass is 32.1. The normalized spacial score (nSPS) is 19.3. The molecule has 2 N–H and O–H groups in total. The van der Waals surface area contributed by atoms with Crippen molar-refractivity contribution in [2.45, 2.75) is 64.1 Å². The van der Waals surface area contributed by atoms with E-state index in [0.717, 1.165) is 57.5 Å². The molecule has 0 aromatic carbocycles. The van der Waals surface area contributed by atoms with Crippen molar-refractivity contribution in [3.8, 4) is 0 Å². The number of piperidine rings is 1. The largest absolute Gasteiger partial charge is 0.394 e. The van der Waals surface area contributed by atoms with Gasteiger partial charge in [0.05, 0.1) is 24.4 Å². The Bertz CT molecular complexity index is 826. The average molecular weight is 417 g/mol. The fraction of sp³-hybridized carbons (Fsp3) is 0.636. The second-order valence-corrected chi connectivity index (χ2v) is 10.1. The summed E-state index contributed by atoms with van der Waals surface area (Å²) in [6.07, 6.45) is 8.04. The number of likely N-dealkylation sites (tertiary alicyclic amines) is 1. The molecule has 158 valence electrons. The zero-order valence-corrected chi connectivity index (χ0v) is 18.5. The summed E-state index contributed by atoms with van der Waals surface area (Å²) in [5.41, 5.74) is 2.08. The van der Waals surface area contributed by atoms with E-state index in [4.69, 9.17) is 4.74 Å². The van der Waals surface area contributed by atoms with E-state index in [1.165, 1.54) is 10.4 Å². The van der Waals surface area contributed by atoms with Crippen LogP contribution in [0.15, 0.2) is 18.5 Å². The molecule has 2 aliphatic heterocycles. The van der Waals surface area contributed by atoms with E-state index in [-0.39, 0.29) is 12.2 Å². The van der Waals surface area contributed by atoms with E-state index in [2.05, 4.69) is 33.2 Å². The Labute approximate surface area is 177 Å². The Hall–Kier alpha value is -1.54. The molecule has 0 bridgehead atoms. The first-order chi connectivity index (χ1) is 13.9. The number of hydrogen-bond acceptors (Lipinski definition) is 7. The number of aliphatic hydroxyl groups is 1. The molecular weight excluding hydrogens is 384 g/mol. The Morgan fingerprint density at radius 2 is 2.00 bits per heavy atom. The van der Waals surface area contributed by atoms with Crippen LogP contribution in [0.5, 0.6) is 0 Å². The van der Waals surface area contributed by atoms with Gasteiger partial charge in [-0.3, -0.25) is 4.90 Å². The Kier molecular flexibility index (Phi) is 5.93. The van der Waals surface area contributed by atoms with Gasteiger partial charge in [0.25, 0.3) is 0 Å². The van der Waals surface area contributed by atoms with Crippen LogP contribution in [0.3, 0.4) is 0 Å². The number of nitrogens with zero attached hydrogens (tertiary/aromatic N) is 3. The third-order valence-corrected chi connectivity index (χ3v) is 7.37. The maximum absolute atomic E-state index is 9.37. The maximum Gasteiger partial charge on any atom is 0.223 e. The standard InChI is InChI=1S/C22H32N4O2S/c1-4-17-11-18-19(29-17)5-10-28-22(18)6-8-26(9-7-22)14-16-12-23-20(24-13-16)25-21(2,3)15-27/h11-13,27H,4-10,14-15H2,1-3H3,(H,23,24,25). The molecule has 0 unspecified atom stereocenters. The molecule has 2 aliphatic rings. The molecule has 0 aliphatic carbocycles. The molecule has 6 nitrogen and oxygen atoms in total. The first-order valence-corrected chi connectivity index (χ1v) is 11.4. The van der Waals surface area contributed by atoms with Crippen LogP contribution in [0.2, 0.25) is 0 Å². The van der Waals surface area contributed by atoms with Crippen LogP contribution in [0.4, 0.5) is 5.95 Å². The number of nitrogens with one attached hydrogen (secondary N) is 1. The minimum atomic E-state index is -0.430. The van der Waals surface area contributed by atoms with Gasteiger partial charge in [0, 0.05) is 53.8 Å². The summed E-state index contributed by atoms with van der Waals surface area (Å²) in [6.45, 7) is 9.86. The lowest BCUT2D eigenvalue weighted by atomic mass is 9.82. The van der Waals surface area contributed by atoms with E-state index in [0.29, 0.717) is 5.95 Å². The molecule has 0 radical (unpaired) electrons. The van der Waals surface area contributed by atoms with Gasteiger partial charge in [-0.05, 0) is 44.7 Å². The van der Waals surface area contributed by atoms with Crippen LogP contribution >= 0.6 is 11.3 Å². The highest BCUT2D eigenvalue weighted by Crippen LogP contribution is 2.44. The molecule has 1 fully saturated rings. The summed E-state index contributed by atoms with van der Waals surface area (Å²) in [5.74, 6) is 0.553. The van der Waals surface area contributed by atoms with Crippen molar-refractivity contribution in [2.24, 2.45) is 0 Å². The maximum atomic E-state index is 9.37. The van der Waals surface area contributed by atoms with Gasteiger partial charge in [-0.25, -0.2) is 9.97 Å². The number of fused-ring (bicyclic) bond motifs is 2. The van der Waals surface area contributed by atoms with Crippen molar-refractivity contribution in [3.63, 3.8) is 0 Å². The van der Waals surface area contributed by atoms with Gasteiger partial charge in [-0.1, -0.05) is 6.92 Å². The fourth-order valence-corrected chi connectivity index (χ4v) is 5.41. The van der Waals surface area contributed by atoms with E-state index in [1.807, 2.05) is 37.6 Å². The summed E-state index contributed by atoms with van der Waals surface area (Å²) >= 11 is 1.98. The van der Waals surface area contributed by atoms with Crippen LogP contribution in [0, 0.1) is 0 Å². The lowest BCUT2D eigenvalue weighted by Crippen LogP contribution is -2.45. The monoisotopic (exact) mass is 416 g/mol. The van der Waals surface area contributed by atoms with Gasteiger partial charge in [0.2, 0.25) is 5.95 Å². The Balaban J connectivity index is 1.37. The topological polar surface area (TPSA) is 70.5 Å². The van der Waals surface area contributed by atoms with E-state index >= 15 is 0 Å². The van der Waals surface area contributed by atoms with Gasteiger partial charge in [0.15, 0.2) is 0 Å². The molecule has 1 spiro atoms. The average Bonchev–Trinajstić information content (AvgIpc) is 3.16. The zero-order valence-electron chi connectivity index (χ0n) is 17.7. The number of aryl methyl sites for hydroxylation is 1. The van der Waals surface area contributed by atoms with Crippen molar-refractivity contribution in [1.82, 2.24) is 14.9 Å². The molecule has 4 heterocycles. The van der Waals surface area contributed by atoms with E-state index < -0.39 is 5.54 Å². The molecule has 1 saturated heterocycles. The van der Waals surface area contributed by atoms with Crippen LogP contribution in [0.25, 0.3) is 0 Å². The molecule has 29 heavy (non-hydrogen) atoms. The minimum absolute atomic E-state index is 0.0291. The summed E-state index contributed by atoms with van der Waals surface area (Å²) < 4.78 is 6.39. The molecule has 7 heteroatoms. The predicted octanol–water partition coefficient (Wildman–Crippen LogP) is 3.35. The van der Waals surface area contributed by atoms with Crippen molar-refractivity contribution in [2.75, 3.05) is 31.6 Å². The molecule has 0 amide bonds. The van der Waals surface area contributed by atoms with Gasteiger partial charge in [-0.15, -0.1) is 11.3 Å². The molecule has 2 aromatic heterocycles. The second kappa shape index (κ2) is 8.30. The highest BCUT2D eigenvalue weighted by molar-refractivity contribution is 7.12. The number of ether oxygens (including phenoxy) is 1. The molecule has 0 atom stereocenters. The number of rotatable bonds is 6. The van der Waals surface area contributed by atoms with E-state index in [9.17, 15) is 5.11 Å². The van der Waals surface area contributed by atoms with Gasteiger partial charge < -0.3 is 15.2 Å². The zero-order chi connectivity index (χ0) is 20.5. The third kappa shape index (κ3) is 4.48. The SMILES string of the molecule is CCc1cc2c(s1)CCOC21CCN(Cc2cnc(NC(C)(C)CO)nc2)CC1.